The summed E-state index contributed by atoms with van der Waals surface area (Å²) >= 11 is 0. The number of nitrogens with zero attached hydrogens (tertiary/aromatic N) is 2. The number of hydrogen-bond donors (Lipinski definition) is 2. The molecule has 0 aliphatic rings. The van der Waals surface area contributed by atoms with Crippen LogP contribution in [0.25, 0.3) is 21.8 Å². The Kier molecular flexibility index (Phi) is 4.20. The minimum absolute atomic E-state index is 0.267. The molecule has 27 heavy (non-hydrogen) atoms. The van der Waals surface area contributed by atoms with Crippen molar-refractivity contribution in [3.63, 3.8) is 0 Å². The molecule has 0 atom stereocenters. The van der Waals surface area contributed by atoms with E-state index < -0.39 is 0 Å². The van der Waals surface area contributed by atoms with E-state index in [2.05, 4.69) is 20.5 Å². The van der Waals surface area contributed by atoms with Crippen molar-refractivity contribution in [1.82, 2.24) is 15.4 Å². The van der Waals surface area contributed by atoms with E-state index in [1.807, 2.05) is 69.3 Å². The molecule has 4 rings (SSSR count). The van der Waals surface area contributed by atoms with Gasteiger partial charge in [0.2, 0.25) is 0 Å². The molecule has 134 valence electrons. The maximum absolute atomic E-state index is 12.6. The third kappa shape index (κ3) is 3.19. The summed E-state index contributed by atoms with van der Waals surface area (Å²) in [4.78, 5) is 20.4. The molecular formula is C22H20N4O. The number of aryl methyl sites for hydroxylation is 3. The Bertz CT molecular complexity index is 1200. The van der Waals surface area contributed by atoms with E-state index in [4.69, 9.17) is 0 Å². The quantitative estimate of drug-likeness (QED) is 0.422. The van der Waals surface area contributed by atoms with Crippen molar-refractivity contribution < 1.29 is 4.79 Å². The molecule has 2 aromatic carbocycles. The van der Waals surface area contributed by atoms with Gasteiger partial charge in [-0.3, -0.25) is 9.78 Å². The number of fused-ring (bicyclic) bond motifs is 2. The molecule has 5 nitrogen and oxygen atoms in total. The number of benzene rings is 2. The Morgan fingerprint density at radius 2 is 1.93 bits per heavy atom. The van der Waals surface area contributed by atoms with E-state index in [0.29, 0.717) is 11.3 Å². The fraction of sp³-hybridized carbons (Fsp3) is 0.136. The highest BCUT2D eigenvalue weighted by Gasteiger charge is 2.11. The Morgan fingerprint density at radius 3 is 2.78 bits per heavy atom. The third-order valence-electron chi connectivity index (χ3n) is 4.71. The summed E-state index contributed by atoms with van der Waals surface area (Å²) in [5.41, 5.74) is 8.87. The Hall–Kier alpha value is -3.47. The number of H-pyrrole nitrogens is 1. The molecule has 2 aromatic heterocycles. The van der Waals surface area contributed by atoms with Crippen LogP contribution in [0.5, 0.6) is 0 Å². The lowest BCUT2D eigenvalue weighted by Crippen LogP contribution is -2.19. The molecular weight excluding hydrogens is 336 g/mol. The number of nitrogens with one attached hydrogen (secondary N) is 2. The average Bonchev–Trinajstić information content (AvgIpc) is 2.97. The summed E-state index contributed by atoms with van der Waals surface area (Å²) in [5, 5.41) is 6.19. The first kappa shape index (κ1) is 17.0. The van der Waals surface area contributed by atoms with Crippen LogP contribution in [-0.4, -0.2) is 22.1 Å². The van der Waals surface area contributed by atoms with Gasteiger partial charge in [-0.1, -0.05) is 29.8 Å². The van der Waals surface area contributed by atoms with Crippen LogP contribution in [0.3, 0.4) is 0 Å². The number of rotatable bonds is 3. The molecule has 0 saturated carbocycles. The van der Waals surface area contributed by atoms with E-state index in [1.165, 1.54) is 0 Å². The topological polar surface area (TPSA) is 70.1 Å². The first-order valence-electron chi connectivity index (χ1n) is 8.81. The van der Waals surface area contributed by atoms with Crippen molar-refractivity contribution in [3.05, 3.63) is 76.6 Å². The zero-order chi connectivity index (χ0) is 19.0. The first-order chi connectivity index (χ1) is 13.0. The molecule has 0 bridgehead atoms. The molecule has 0 radical (unpaired) electrons. The monoisotopic (exact) mass is 356 g/mol. The summed E-state index contributed by atoms with van der Waals surface area (Å²) in [6.07, 6.45) is 1.68. The molecule has 0 unspecified atom stereocenters. The van der Waals surface area contributed by atoms with Crippen molar-refractivity contribution in [2.75, 3.05) is 0 Å². The highest BCUT2D eigenvalue weighted by molar-refractivity contribution is 6.02. The van der Waals surface area contributed by atoms with Gasteiger partial charge in [-0.15, -0.1) is 0 Å². The molecule has 4 aromatic rings. The van der Waals surface area contributed by atoms with Gasteiger partial charge in [0.05, 0.1) is 23.0 Å². The predicted octanol–water partition coefficient (Wildman–Crippen LogP) is 4.41. The number of aromatic amines is 1. The minimum atomic E-state index is -0.267. The van der Waals surface area contributed by atoms with Crippen molar-refractivity contribution in [1.29, 1.82) is 0 Å². The SMILES string of the molecule is Cc1ccc2nc(C)c(C(=O)N/N=C/c3c(C)[nH]c4ccccc34)cc2c1. The van der Waals surface area contributed by atoms with Crippen LogP contribution in [-0.2, 0) is 0 Å². The number of carbonyl (C=O) groups is 1. The van der Waals surface area contributed by atoms with Gasteiger partial charge < -0.3 is 4.98 Å². The van der Waals surface area contributed by atoms with Gasteiger partial charge in [0.15, 0.2) is 0 Å². The highest BCUT2D eigenvalue weighted by atomic mass is 16.2. The molecule has 0 spiro atoms. The summed E-state index contributed by atoms with van der Waals surface area (Å²) in [7, 11) is 0. The van der Waals surface area contributed by atoms with E-state index in [1.54, 1.807) is 6.21 Å². The lowest BCUT2D eigenvalue weighted by Gasteiger charge is -2.07. The van der Waals surface area contributed by atoms with Gasteiger partial charge in [0.25, 0.3) is 5.91 Å². The van der Waals surface area contributed by atoms with Crippen molar-refractivity contribution in [3.8, 4) is 0 Å². The summed E-state index contributed by atoms with van der Waals surface area (Å²) in [5.74, 6) is -0.267. The van der Waals surface area contributed by atoms with Gasteiger partial charge in [-0.05, 0) is 45.0 Å². The predicted molar refractivity (Wildman–Crippen MR) is 109 cm³/mol. The third-order valence-corrected chi connectivity index (χ3v) is 4.71. The number of pyridine rings is 1. The van der Waals surface area contributed by atoms with Gasteiger partial charge in [-0.25, -0.2) is 5.43 Å². The van der Waals surface area contributed by atoms with Crippen LogP contribution in [0, 0.1) is 20.8 Å². The fourth-order valence-corrected chi connectivity index (χ4v) is 3.30. The summed E-state index contributed by atoms with van der Waals surface area (Å²) in [6, 6.07) is 15.9. The number of amides is 1. The number of para-hydroxylation sites is 1. The normalized spacial score (nSPS) is 11.5. The molecule has 0 aliphatic carbocycles. The van der Waals surface area contributed by atoms with Gasteiger partial charge in [0.1, 0.15) is 0 Å². The summed E-state index contributed by atoms with van der Waals surface area (Å²) in [6.45, 7) is 5.84. The average molecular weight is 356 g/mol. The second kappa shape index (κ2) is 6.68. The molecule has 5 heteroatoms. The van der Waals surface area contributed by atoms with Gasteiger partial charge in [0, 0.05) is 27.5 Å². The number of hydrazone groups is 1. The van der Waals surface area contributed by atoms with Crippen LogP contribution in [0.2, 0.25) is 0 Å². The summed E-state index contributed by atoms with van der Waals surface area (Å²) < 4.78 is 0. The second-order valence-corrected chi connectivity index (χ2v) is 6.73. The minimum Gasteiger partial charge on any atom is -0.358 e. The van der Waals surface area contributed by atoms with Gasteiger partial charge >= 0.3 is 0 Å². The zero-order valence-electron chi connectivity index (χ0n) is 15.5. The lowest BCUT2D eigenvalue weighted by atomic mass is 10.1. The smallest absolute Gasteiger partial charge is 0.273 e. The van der Waals surface area contributed by atoms with Crippen LogP contribution >= 0.6 is 0 Å². The van der Waals surface area contributed by atoms with E-state index in [9.17, 15) is 4.79 Å². The Morgan fingerprint density at radius 1 is 1.11 bits per heavy atom. The van der Waals surface area contributed by atoms with Gasteiger partial charge in [-0.2, -0.15) is 5.10 Å². The molecule has 0 saturated heterocycles. The van der Waals surface area contributed by atoms with Crippen LogP contribution < -0.4 is 5.43 Å². The van der Waals surface area contributed by atoms with E-state index in [-0.39, 0.29) is 5.91 Å². The van der Waals surface area contributed by atoms with E-state index >= 15 is 0 Å². The molecule has 0 fully saturated rings. The first-order valence-corrected chi connectivity index (χ1v) is 8.81. The Labute approximate surface area is 157 Å². The molecule has 2 N–H and O–H groups in total. The fourth-order valence-electron chi connectivity index (χ4n) is 3.30. The van der Waals surface area contributed by atoms with Crippen molar-refractivity contribution in [2.45, 2.75) is 20.8 Å². The lowest BCUT2D eigenvalue weighted by molar-refractivity contribution is 0.0954. The number of hydrogen-bond acceptors (Lipinski definition) is 3. The highest BCUT2D eigenvalue weighted by Crippen LogP contribution is 2.20. The van der Waals surface area contributed by atoms with Crippen LogP contribution in [0.4, 0.5) is 0 Å². The second-order valence-electron chi connectivity index (χ2n) is 6.73. The standard InChI is InChI=1S/C22H20N4O/c1-13-8-9-20-16(10-13)11-18(14(2)24-20)22(27)26-23-12-19-15(3)25-21-7-5-4-6-17(19)21/h4-12,25H,1-3H3,(H,26,27)/b23-12+. The van der Waals surface area contributed by atoms with Crippen molar-refractivity contribution in [2.24, 2.45) is 5.10 Å². The maximum Gasteiger partial charge on any atom is 0.273 e. The zero-order valence-corrected chi connectivity index (χ0v) is 15.5. The largest absolute Gasteiger partial charge is 0.358 e. The van der Waals surface area contributed by atoms with Crippen molar-refractivity contribution >= 4 is 33.9 Å². The Balaban J connectivity index is 1.60. The number of carbonyl (C=O) groups excluding carboxylic acids is 1. The molecule has 1 amide bonds. The van der Waals surface area contributed by atoms with Crippen LogP contribution in [0.1, 0.15) is 32.9 Å². The van der Waals surface area contributed by atoms with E-state index in [0.717, 1.165) is 38.6 Å². The molecule has 0 aliphatic heterocycles. The van der Waals surface area contributed by atoms with Crippen LogP contribution in [0.15, 0.2) is 53.6 Å². The maximum atomic E-state index is 12.6. The number of aromatic nitrogens is 2. The molecule has 2 heterocycles.